The molecule has 62 heavy (non-hydrogen) atoms. The predicted octanol–water partition coefficient (Wildman–Crippen LogP) is 16.7. The molecular weight excluding hydrogens is 751 g/mol. The Morgan fingerprint density at radius 2 is 0.613 bits per heavy atom. The lowest BCUT2D eigenvalue weighted by Gasteiger charge is -2.34. The van der Waals surface area contributed by atoms with Crippen molar-refractivity contribution >= 4 is 72.7 Å². The fourth-order valence-corrected chi connectivity index (χ4v) is 9.71. The summed E-state index contributed by atoms with van der Waals surface area (Å²) in [4.78, 5) is 7.31. The standard InChI is InChI=1S/C59H45N3/c1-59(2)55-36-22-21-35-49(55)51-40-53-54(41-56(51)59)57(61(44-27-13-5-14-28-44)45-29-15-6-16-30-45)50-38-37-48(60(42-23-9-3-10-24-42)43-25-11-4-12-26-43)39-52(50)58(53)62(46-31-17-7-18-32-46)47-33-19-8-20-34-47/h3-41H,1-2H3. The molecule has 0 aromatic heterocycles. The van der Waals surface area contributed by atoms with Crippen LogP contribution in [0.1, 0.15) is 25.0 Å². The summed E-state index contributed by atoms with van der Waals surface area (Å²) >= 11 is 0. The van der Waals surface area contributed by atoms with Gasteiger partial charge in [0.15, 0.2) is 0 Å². The maximum atomic E-state index is 2.52. The van der Waals surface area contributed by atoms with Gasteiger partial charge in [-0.2, -0.15) is 0 Å². The first-order chi connectivity index (χ1) is 30.6. The van der Waals surface area contributed by atoms with Crippen LogP contribution in [0.4, 0.5) is 51.2 Å². The Hall–Kier alpha value is -7.88. The van der Waals surface area contributed by atoms with Crippen LogP contribution in [0, 0.1) is 0 Å². The van der Waals surface area contributed by atoms with Crippen molar-refractivity contribution in [1.29, 1.82) is 0 Å². The van der Waals surface area contributed by atoms with E-state index in [0.717, 1.165) is 62.0 Å². The SMILES string of the molecule is CC1(C)c2ccccc2-c2cc3c(N(c4ccccc4)c4ccccc4)c4cc(N(c5ccccc5)c5ccccc5)ccc4c(N(c4ccccc4)c4ccccc4)c3cc21. The molecule has 0 fully saturated rings. The van der Waals surface area contributed by atoms with Gasteiger partial charge in [-0.3, -0.25) is 0 Å². The largest absolute Gasteiger partial charge is 0.310 e. The molecule has 0 amide bonds. The monoisotopic (exact) mass is 795 g/mol. The van der Waals surface area contributed by atoms with Crippen molar-refractivity contribution in [3.63, 3.8) is 0 Å². The number of rotatable bonds is 9. The van der Waals surface area contributed by atoms with Gasteiger partial charge < -0.3 is 14.7 Å². The van der Waals surface area contributed by atoms with Crippen LogP contribution in [0.2, 0.25) is 0 Å². The number of benzene rings is 10. The summed E-state index contributed by atoms with van der Waals surface area (Å²) in [5, 5.41) is 4.64. The first-order valence-electron chi connectivity index (χ1n) is 21.4. The second kappa shape index (κ2) is 15.3. The van der Waals surface area contributed by atoms with Crippen molar-refractivity contribution in [2.75, 3.05) is 14.7 Å². The van der Waals surface area contributed by atoms with E-state index >= 15 is 0 Å². The summed E-state index contributed by atoms with van der Waals surface area (Å²) in [5.74, 6) is 0. The fourth-order valence-electron chi connectivity index (χ4n) is 9.71. The van der Waals surface area contributed by atoms with E-state index in [9.17, 15) is 0 Å². The minimum Gasteiger partial charge on any atom is -0.310 e. The summed E-state index contributed by atoms with van der Waals surface area (Å²) in [5.41, 5.74) is 15.0. The zero-order chi connectivity index (χ0) is 41.6. The lowest BCUT2D eigenvalue weighted by atomic mass is 9.81. The third kappa shape index (κ3) is 6.21. The zero-order valence-corrected chi connectivity index (χ0v) is 34.9. The number of para-hydroxylation sites is 6. The molecular formula is C59H45N3. The minimum absolute atomic E-state index is 0.203. The first kappa shape index (κ1) is 37.1. The van der Waals surface area contributed by atoms with Gasteiger partial charge >= 0.3 is 0 Å². The Balaban J connectivity index is 1.35. The van der Waals surface area contributed by atoms with Gasteiger partial charge in [-0.25, -0.2) is 0 Å². The van der Waals surface area contributed by atoms with Gasteiger partial charge in [-0.15, -0.1) is 0 Å². The van der Waals surface area contributed by atoms with E-state index in [1.165, 1.54) is 33.0 Å². The summed E-state index contributed by atoms with van der Waals surface area (Å²) in [6.45, 7) is 4.76. The molecule has 0 spiro atoms. The van der Waals surface area contributed by atoms with E-state index in [2.05, 4.69) is 265 Å². The van der Waals surface area contributed by atoms with E-state index < -0.39 is 0 Å². The molecule has 10 aromatic carbocycles. The molecule has 3 heteroatoms. The molecule has 0 atom stereocenters. The Kier molecular flexibility index (Phi) is 9.17. The molecule has 0 aliphatic heterocycles. The second-order valence-electron chi connectivity index (χ2n) is 16.6. The summed E-state index contributed by atoms with van der Waals surface area (Å²) in [6, 6.07) is 85.9. The summed E-state index contributed by atoms with van der Waals surface area (Å²) in [7, 11) is 0. The van der Waals surface area contributed by atoms with Crippen molar-refractivity contribution < 1.29 is 0 Å². The lowest BCUT2D eigenvalue weighted by molar-refractivity contribution is 0.661. The van der Waals surface area contributed by atoms with Crippen LogP contribution in [0.15, 0.2) is 237 Å². The smallest absolute Gasteiger partial charge is 0.0620 e. The van der Waals surface area contributed by atoms with Gasteiger partial charge in [-0.05, 0) is 119 Å². The molecule has 1 aliphatic carbocycles. The van der Waals surface area contributed by atoms with E-state index in [1.54, 1.807) is 0 Å². The van der Waals surface area contributed by atoms with Crippen LogP contribution < -0.4 is 14.7 Å². The van der Waals surface area contributed by atoms with Crippen LogP contribution in [0.5, 0.6) is 0 Å². The molecule has 11 rings (SSSR count). The summed E-state index contributed by atoms with van der Waals surface area (Å²) < 4.78 is 0. The van der Waals surface area contributed by atoms with Gasteiger partial charge in [0, 0.05) is 66.8 Å². The van der Waals surface area contributed by atoms with E-state index in [0.29, 0.717) is 0 Å². The molecule has 0 saturated heterocycles. The average molecular weight is 796 g/mol. The maximum Gasteiger partial charge on any atom is 0.0620 e. The number of hydrogen-bond donors (Lipinski definition) is 0. The van der Waals surface area contributed by atoms with Crippen LogP contribution >= 0.6 is 0 Å². The highest BCUT2D eigenvalue weighted by Crippen LogP contribution is 2.56. The molecule has 0 heterocycles. The quantitative estimate of drug-likeness (QED) is 0.106. The topological polar surface area (TPSA) is 9.72 Å². The fraction of sp³-hybridized carbons (Fsp3) is 0.0508. The van der Waals surface area contributed by atoms with Crippen LogP contribution in [-0.2, 0) is 5.41 Å². The molecule has 0 bridgehead atoms. The molecule has 3 nitrogen and oxygen atoms in total. The van der Waals surface area contributed by atoms with Crippen molar-refractivity contribution in [3.05, 3.63) is 248 Å². The van der Waals surface area contributed by atoms with Crippen molar-refractivity contribution in [1.82, 2.24) is 0 Å². The minimum atomic E-state index is -0.203. The van der Waals surface area contributed by atoms with Gasteiger partial charge in [0.25, 0.3) is 0 Å². The van der Waals surface area contributed by atoms with E-state index in [4.69, 9.17) is 0 Å². The average Bonchev–Trinajstić information content (AvgIpc) is 3.56. The number of anilines is 9. The third-order valence-electron chi connectivity index (χ3n) is 12.5. The molecule has 10 aromatic rings. The highest BCUT2D eigenvalue weighted by Gasteiger charge is 2.37. The van der Waals surface area contributed by atoms with Crippen molar-refractivity contribution in [2.24, 2.45) is 0 Å². The maximum absolute atomic E-state index is 2.52. The normalized spacial score (nSPS) is 12.5. The van der Waals surface area contributed by atoms with Crippen LogP contribution in [-0.4, -0.2) is 0 Å². The van der Waals surface area contributed by atoms with Gasteiger partial charge in [0.05, 0.1) is 11.4 Å². The number of fused-ring (bicyclic) bond motifs is 5. The predicted molar refractivity (Wildman–Crippen MR) is 263 cm³/mol. The van der Waals surface area contributed by atoms with Crippen LogP contribution in [0.3, 0.4) is 0 Å². The Morgan fingerprint density at radius 3 is 1.06 bits per heavy atom. The Bertz CT molecular complexity index is 3070. The first-order valence-corrected chi connectivity index (χ1v) is 21.4. The summed E-state index contributed by atoms with van der Waals surface area (Å²) in [6.07, 6.45) is 0. The zero-order valence-electron chi connectivity index (χ0n) is 34.9. The lowest BCUT2D eigenvalue weighted by Crippen LogP contribution is -2.17. The van der Waals surface area contributed by atoms with E-state index in [1.807, 2.05) is 0 Å². The molecule has 1 aliphatic rings. The third-order valence-corrected chi connectivity index (χ3v) is 12.5. The number of hydrogen-bond acceptors (Lipinski definition) is 3. The molecule has 296 valence electrons. The molecule has 0 unspecified atom stereocenters. The van der Waals surface area contributed by atoms with Crippen molar-refractivity contribution in [2.45, 2.75) is 19.3 Å². The van der Waals surface area contributed by atoms with Gasteiger partial charge in [0.2, 0.25) is 0 Å². The highest BCUT2D eigenvalue weighted by molar-refractivity contribution is 6.25. The molecule has 0 N–H and O–H groups in total. The van der Waals surface area contributed by atoms with E-state index in [-0.39, 0.29) is 5.41 Å². The van der Waals surface area contributed by atoms with Gasteiger partial charge in [-0.1, -0.05) is 153 Å². The highest BCUT2D eigenvalue weighted by atomic mass is 15.2. The second-order valence-corrected chi connectivity index (χ2v) is 16.6. The van der Waals surface area contributed by atoms with Crippen molar-refractivity contribution in [3.8, 4) is 11.1 Å². The van der Waals surface area contributed by atoms with Gasteiger partial charge in [0.1, 0.15) is 0 Å². The molecule has 0 radical (unpaired) electrons. The Labute approximate surface area is 364 Å². The Morgan fingerprint density at radius 1 is 0.258 bits per heavy atom. The van der Waals surface area contributed by atoms with Crippen LogP contribution in [0.25, 0.3) is 32.7 Å². The molecule has 0 saturated carbocycles. The number of nitrogens with zero attached hydrogens (tertiary/aromatic N) is 3.